The molecule has 4 heteroatoms. The first-order chi connectivity index (χ1) is 6.33. The van der Waals surface area contributed by atoms with Crippen molar-refractivity contribution in [3.8, 4) is 0 Å². The van der Waals surface area contributed by atoms with Gasteiger partial charge in [-0.15, -0.1) is 0 Å². The molecule has 0 spiro atoms. The molecular weight excluding hydrogens is 170 g/mol. The van der Waals surface area contributed by atoms with E-state index in [0.29, 0.717) is 12.7 Å². The number of ether oxygens (including phenoxy) is 2. The average molecular weight is 191 g/mol. The predicted octanol–water partition coefficient (Wildman–Crippen LogP) is -0.0380. The van der Waals surface area contributed by atoms with Crippen LogP contribution < -0.4 is 0 Å². The van der Waals surface area contributed by atoms with E-state index in [-0.39, 0.29) is 0 Å². The molecule has 1 unspecified atom stereocenters. The molecule has 0 aromatic carbocycles. The van der Waals surface area contributed by atoms with Gasteiger partial charge >= 0.3 is 0 Å². The minimum Gasteiger partial charge on any atom is -0.400 e. The van der Waals surface area contributed by atoms with Crippen LogP contribution in [0.25, 0.3) is 0 Å². The second kappa shape index (κ2) is 8.44. The van der Waals surface area contributed by atoms with Crippen molar-refractivity contribution in [2.75, 3.05) is 47.6 Å². The molecule has 1 aliphatic heterocycles. The Balaban J connectivity index is 0.000000671. The molecule has 1 heterocycles. The Bertz CT molecular complexity index is 111. The van der Waals surface area contributed by atoms with Gasteiger partial charge in [-0.25, -0.2) is 0 Å². The van der Waals surface area contributed by atoms with Crippen LogP contribution in [-0.4, -0.2) is 63.7 Å². The normalized spacial score (nSPS) is 22.6. The molecule has 0 bridgehead atoms. The van der Waals surface area contributed by atoms with Crippen LogP contribution in [-0.2, 0) is 9.47 Å². The van der Waals surface area contributed by atoms with E-state index in [2.05, 4.69) is 11.9 Å². The molecule has 1 rings (SSSR count). The van der Waals surface area contributed by atoms with Crippen molar-refractivity contribution >= 4 is 0 Å². The molecule has 0 aliphatic carbocycles. The van der Waals surface area contributed by atoms with Gasteiger partial charge in [0.2, 0.25) is 0 Å². The van der Waals surface area contributed by atoms with E-state index >= 15 is 0 Å². The summed E-state index contributed by atoms with van der Waals surface area (Å²) in [5.41, 5.74) is 0. The van der Waals surface area contributed by atoms with E-state index in [0.717, 1.165) is 26.8 Å². The SMILES string of the molecule is CO.COCCOC1CCN(C)C1. The van der Waals surface area contributed by atoms with Crippen molar-refractivity contribution in [3.63, 3.8) is 0 Å². The van der Waals surface area contributed by atoms with Crippen LogP contribution in [0.15, 0.2) is 0 Å². The van der Waals surface area contributed by atoms with Gasteiger partial charge in [0.25, 0.3) is 0 Å². The first-order valence-corrected chi connectivity index (χ1v) is 4.56. The fourth-order valence-corrected chi connectivity index (χ4v) is 1.33. The van der Waals surface area contributed by atoms with Crippen LogP contribution in [0.3, 0.4) is 0 Å². The Hall–Kier alpha value is -0.160. The minimum atomic E-state index is 0.440. The lowest BCUT2D eigenvalue weighted by Crippen LogP contribution is -2.20. The van der Waals surface area contributed by atoms with Gasteiger partial charge in [-0.1, -0.05) is 0 Å². The maximum absolute atomic E-state index is 7.00. The lowest BCUT2D eigenvalue weighted by Gasteiger charge is -2.10. The second-order valence-corrected chi connectivity index (χ2v) is 3.04. The van der Waals surface area contributed by atoms with Crippen molar-refractivity contribution in [3.05, 3.63) is 0 Å². The highest BCUT2D eigenvalue weighted by Crippen LogP contribution is 2.09. The minimum absolute atomic E-state index is 0.440. The van der Waals surface area contributed by atoms with E-state index in [1.165, 1.54) is 6.42 Å². The molecule has 0 aromatic heterocycles. The summed E-state index contributed by atoms with van der Waals surface area (Å²) in [4.78, 5) is 2.29. The highest BCUT2D eigenvalue weighted by molar-refractivity contribution is 4.72. The number of nitrogens with zero attached hydrogens (tertiary/aromatic N) is 1. The summed E-state index contributed by atoms with van der Waals surface area (Å²) in [5, 5.41) is 7.00. The number of aliphatic hydroxyl groups excluding tert-OH is 1. The third kappa shape index (κ3) is 5.99. The Morgan fingerprint density at radius 3 is 2.54 bits per heavy atom. The topological polar surface area (TPSA) is 41.9 Å². The van der Waals surface area contributed by atoms with Crippen LogP contribution in [0, 0.1) is 0 Å². The Morgan fingerprint density at radius 2 is 2.08 bits per heavy atom. The summed E-state index contributed by atoms with van der Waals surface area (Å²) in [7, 11) is 4.82. The quantitative estimate of drug-likeness (QED) is 0.633. The molecule has 1 saturated heterocycles. The van der Waals surface area contributed by atoms with E-state index in [9.17, 15) is 0 Å². The predicted molar refractivity (Wildman–Crippen MR) is 51.9 cm³/mol. The number of rotatable bonds is 4. The standard InChI is InChI=1S/C8H17NO2.CH4O/c1-9-4-3-8(7-9)11-6-5-10-2;1-2/h8H,3-7H2,1-2H3;2H,1H3. The molecule has 0 radical (unpaired) electrons. The number of aliphatic hydroxyl groups is 1. The maximum Gasteiger partial charge on any atom is 0.0715 e. The van der Waals surface area contributed by atoms with Crippen LogP contribution in [0.2, 0.25) is 0 Å². The highest BCUT2D eigenvalue weighted by atomic mass is 16.5. The molecule has 0 saturated carbocycles. The van der Waals surface area contributed by atoms with Crippen molar-refractivity contribution in [1.29, 1.82) is 0 Å². The summed E-state index contributed by atoms with van der Waals surface area (Å²) in [6, 6.07) is 0. The lowest BCUT2D eigenvalue weighted by molar-refractivity contribution is 0.0233. The number of methoxy groups -OCH3 is 1. The Morgan fingerprint density at radius 1 is 1.38 bits per heavy atom. The zero-order valence-electron chi connectivity index (χ0n) is 8.82. The van der Waals surface area contributed by atoms with Crippen molar-refractivity contribution in [2.24, 2.45) is 0 Å². The fraction of sp³-hybridized carbons (Fsp3) is 1.00. The van der Waals surface area contributed by atoms with E-state index < -0.39 is 0 Å². The zero-order chi connectivity index (χ0) is 10.1. The molecule has 4 nitrogen and oxygen atoms in total. The molecular formula is C9H21NO3. The lowest BCUT2D eigenvalue weighted by atomic mass is 10.3. The van der Waals surface area contributed by atoms with Crippen LogP contribution in [0.1, 0.15) is 6.42 Å². The Labute approximate surface area is 80.4 Å². The maximum atomic E-state index is 7.00. The van der Waals surface area contributed by atoms with Crippen LogP contribution >= 0.6 is 0 Å². The van der Waals surface area contributed by atoms with Crippen molar-refractivity contribution in [1.82, 2.24) is 4.90 Å². The van der Waals surface area contributed by atoms with Gasteiger partial charge in [-0.2, -0.15) is 0 Å². The van der Waals surface area contributed by atoms with E-state index in [1.807, 2.05) is 0 Å². The van der Waals surface area contributed by atoms with Gasteiger partial charge in [-0.05, 0) is 13.5 Å². The number of likely N-dealkylation sites (tertiary alicyclic amines) is 1. The number of hydrogen-bond acceptors (Lipinski definition) is 4. The molecule has 13 heavy (non-hydrogen) atoms. The van der Waals surface area contributed by atoms with Gasteiger partial charge in [0.05, 0.1) is 19.3 Å². The summed E-state index contributed by atoms with van der Waals surface area (Å²) in [5.74, 6) is 0. The molecule has 0 amide bonds. The fourth-order valence-electron chi connectivity index (χ4n) is 1.33. The second-order valence-electron chi connectivity index (χ2n) is 3.04. The van der Waals surface area contributed by atoms with Gasteiger partial charge in [0.1, 0.15) is 0 Å². The first kappa shape index (κ1) is 12.8. The summed E-state index contributed by atoms with van der Waals surface area (Å²) in [6.45, 7) is 3.68. The Kier molecular flexibility index (Phi) is 8.33. The highest BCUT2D eigenvalue weighted by Gasteiger charge is 2.19. The summed E-state index contributed by atoms with van der Waals surface area (Å²) < 4.78 is 10.4. The molecule has 1 aliphatic rings. The van der Waals surface area contributed by atoms with Crippen molar-refractivity contribution in [2.45, 2.75) is 12.5 Å². The average Bonchev–Trinajstić information content (AvgIpc) is 2.56. The third-order valence-electron chi connectivity index (χ3n) is 1.99. The van der Waals surface area contributed by atoms with E-state index in [4.69, 9.17) is 14.6 Å². The first-order valence-electron chi connectivity index (χ1n) is 4.56. The van der Waals surface area contributed by atoms with E-state index in [1.54, 1.807) is 7.11 Å². The number of likely N-dealkylation sites (N-methyl/N-ethyl adjacent to an activating group) is 1. The smallest absolute Gasteiger partial charge is 0.0715 e. The largest absolute Gasteiger partial charge is 0.400 e. The zero-order valence-corrected chi connectivity index (χ0v) is 8.82. The van der Waals surface area contributed by atoms with Gasteiger partial charge in [0.15, 0.2) is 0 Å². The van der Waals surface area contributed by atoms with Crippen LogP contribution in [0.5, 0.6) is 0 Å². The molecule has 80 valence electrons. The summed E-state index contributed by atoms with van der Waals surface area (Å²) >= 11 is 0. The van der Waals surface area contributed by atoms with Gasteiger partial charge in [0, 0.05) is 27.3 Å². The monoisotopic (exact) mass is 191 g/mol. The molecule has 1 fully saturated rings. The van der Waals surface area contributed by atoms with Crippen LogP contribution in [0.4, 0.5) is 0 Å². The third-order valence-corrected chi connectivity index (χ3v) is 1.99. The number of hydrogen-bond donors (Lipinski definition) is 1. The van der Waals surface area contributed by atoms with Crippen molar-refractivity contribution < 1.29 is 14.6 Å². The van der Waals surface area contributed by atoms with Gasteiger partial charge < -0.3 is 19.5 Å². The summed E-state index contributed by atoms with van der Waals surface area (Å²) in [6.07, 6.45) is 1.61. The molecule has 1 N–H and O–H groups in total. The van der Waals surface area contributed by atoms with Gasteiger partial charge in [-0.3, -0.25) is 0 Å². The molecule has 1 atom stereocenters. The molecule has 0 aromatic rings.